The summed E-state index contributed by atoms with van der Waals surface area (Å²) in [5.41, 5.74) is -0.275. The van der Waals surface area contributed by atoms with Crippen LogP contribution >= 0.6 is 11.6 Å². The van der Waals surface area contributed by atoms with Gasteiger partial charge in [-0.25, -0.2) is 0 Å². The number of nitrogens with zero attached hydrogens (tertiary/aromatic N) is 1. The third kappa shape index (κ3) is 5.05. The second-order valence-electron chi connectivity index (χ2n) is 20.0. The summed E-state index contributed by atoms with van der Waals surface area (Å²) in [4.78, 5) is 40.7. The minimum Gasteiger partial charge on any atom is -0.460 e. The monoisotopic (exact) mass is 707 g/mol. The molecule has 1 aromatic rings. The van der Waals surface area contributed by atoms with Gasteiger partial charge in [0.2, 0.25) is 6.54 Å². The smallest absolute Gasteiger partial charge is 0.312 e. The summed E-state index contributed by atoms with van der Waals surface area (Å²) in [5, 5.41) is 11.7. The Morgan fingerprint density at radius 1 is 0.920 bits per heavy atom. The van der Waals surface area contributed by atoms with Crippen molar-refractivity contribution in [2.75, 3.05) is 12.4 Å². The second-order valence-corrected chi connectivity index (χ2v) is 20.3. The van der Waals surface area contributed by atoms with E-state index in [1.165, 1.54) is 0 Å². The Labute approximate surface area is 305 Å². The number of hydrogen-bond donors (Lipinski definition) is 0. The molecule has 6 fully saturated rings. The average molecular weight is 708 g/mol. The van der Waals surface area contributed by atoms with Crippen molar-refractivity contribution in [2.24, 2.45) is 79.8 Å². The lowest BCUT2D eigenvalue weighted by Crippen LogP contribution is -2.68. The molecule has 1 spiro atoms. The molecule has 0 N–H and O–H groups in total. The average Bonchev–Trinajstić information content (AvgIpc) is 3.62. The van der Waals surface area contributed by atoms with Crippen LogP contribution < -0.4 is 0 Å². The Bertz CT molecular complexity index is 1510. The molecule has 7 heteroatoms. The van der Waals surface area contributed by atoms with Gasteiger partial charge in [-0.2, -0.15) is 0 Å². The first-order valence-corrected chi connectivity index (χ1v) is 20.5. The summed E-state index contributed by atoms with van der Waals surface area (Å²) < 4.78 is 6.25. The van der Waals surface area contributed by atoms with Gasteiger partial charge in [0.1, 0.15) is 12.4 Å². The molecule has 6 aliphatic carbocycles. The van der Waals surface area contributed by atoms with E-state index in [2.05, 4.69) is 48.5 Å². The maximum absolute atomic E-state index is 14.7. The van der Waals surface area contributed by atoms with Crippen molar-refractivity contribution < 1.29 is 19.2 Å². The van der Waals surface area contributed by atoms with Gasteiger partial charge in [-0.3, -0.25) is 19.7 Å². The quantitative estimate of drug-likeness (QED) is 0.122. The minimum absolute atomic E-state index is 0.00800. The lowest BCUT2D eigenvalue weighted by molar-refractivity contribution is -0.489. The largest absolute Gasteiger partial charge is 0.460 e. The molecular weight excluding hydrogens is 646 g/mol. The zero-order valence-corrected chi connectivity index (χ0v) is 32.5. The second kappa shape index (κ2) is 12.3. The van der Waals surface area contributed by atoms with E-state index in [0.717, 1.165) is 63.4 Å². The number of benzene rings is 1. The lowest BCUT2D eigenvalue weighted by atomic mass is 9.31. The first kappa shape index (κ1) is 36.4. The van der Waals surface area contributed by atoms with Crippen LogP contribution in [-0.2, 0) is 20.9 Å². The van der Waals surface area contributed by atoms with Crippen molar-refractivity contribution in [1.82, 2.24) is 0 Å². The normalized spacial score (nSPS) is 46.2. The Morgan fingerprint density at radius 2 is 1.62 bits per heavy atom. The van der Waals surface area contributed by atoms with Gasteiger partial charge in [-0.15, -0.1) is 11.6 Å². The molecule has 0 aromatic heterocycles. The highest BCUT2D eigenvalue weighted by atomic mass is 35.5. The van der Waals surface area contributed by atoms with E-state index in [0.29, 0.717) is 66.6 Å². The third-order valence-electron chi connectivity index (χ3n) is 17.4. The van der Waals surface area contributed by atoms with E-state index in [1.54, 1.807) is 0 Å². The molecule has 6 saturated carbocycles. The van der Waals surface area contributed by atoms with Gasteiger partial charge in [-0.1, -0.05) is 78.8 Å². The van der Waals surface area contributed by atoms with Crippen molar-refractivity contribution in [2.45, 2.75) is 126 Å². The number of ether oxygens (including phenoxy) is 1. The molecule has 12 atom stereocenters. The zero-order valence-electron chi connectivity index (χ0n) is 31.8. The van der Waals surface area contributed by atoms with E-state index in [1.807, 2.05) is 30.3 Å². The predicted molar refractivity (Wildman–Crippen MR) is 197 cm³/mol. The van der Waals surface area contributed by atoms with Crippen LogP contribution in [0.3, 0.4) is 0 Å². The Morgan fingerprint density at radius 3 is 2.28 bits per heavy atom. The highest BCUT2D eigenvalue weighted by Crippen LogP contribution is 2.79. The van der Waals surface area contributed by atoms with Gasteiger partial charge in [0, 0.05) is 27.6 Å². The van der Waals surface area contributed by atoms with Crippen molar-refractivity contribution in [3.63, 3.8) is 0 Å². The number of nitro groups is 1. The third-order valence-corrected chi connectivity index (χ3v) is 17.8. The molecule has 6 aliphatic rings. The van der Waals surface area contributed by atoms with E-state index in [4.69, 9.17) is 16.3 Å². The molecule has 1 aromatic carbocycles. The van der Waals surface area contributed by atoms with E-state index >= 15 is 0 Å². The number of carbonyl (C=O) groups is 2. The molecule has 0 amide bonds. The molecule has 7 rings (SSSR count). The van der Waals surface area contributed by atoms with Gasteiger partial charge >= 0.3 is 5.97 Å². The molecule has 0 radical (unpaired) electrons. The van der Waals surface area contributed by atoms with Crippen molar-refractivity contribution >= 4 is 23.4 Å². The molecule has 0 aliphatic heterocycles. The number of ketones is 1. The lowest BCUT2D eigenvalue weighted by Gasteiger charge is -2.73. The molecule has 0 bridgehead atoms. The van der Waals surface area contributed by atoms with Gasteiger partial charge < -0.3 is 4.74 Å². The van der Waals surface area contributed by atoms with Gasteiger partial charge in [0.25, 0.3) is 0 Å². The highest BCUT2D eigenvalue weighted by molar-refractivity contribution is 6.18. The number of halogens is 1. The van der Waals surface area contributed by atoms with Gasteiger partial charge in [0.15, 0.2) is 0 Å². The number of fused-ring (bicyclic) bond motifs is 7. The number of rotatable bonds is 7. The van der Waals surface area contributed by atoms with Gasteiger partial charge in [0.05, 0.1) is 5.41 Å². The summed E-state index contributed by atoms with van der Waals surface area (Å²) in [6.07, 6.45) is 10.5. The molecular formula is C43H62ClNO5. The number of carbonyl (C=O) groups excluding carboxylic acids is 2. The fraction of sp³-hybridized carbons (Fsp3) is 0.814. The topological polar surface area (TPSA) is 86.5 Å². The van der Waals surface area contributed by atoms with E-state index < -0.39 is 16.2 Å². The summed E-state index contributed by atoms with van der Waals surface area (Å²) in [5.74, 6) is 3.18. The van der Waals surface area contributed by atoms with Gasteiger partial charge in [-0.05, 0) is 134 Å². The summed E-state index contributed by atoms with van der Waals surface area (Å²) in [6.45, 7) is 17.1. The van der Waals surface area contributed by atoms with Crippen LogP contribution in [0.1, 0.15) is 125 Å². The van der Waals surface area contributed by atoms with Crippen LogP contribution in [0.4, 0.5) is 0 Å². The maximum atomic E-state index is 14.7. The molecule has 276 valence electrons. The zero-order chi connectivity index (χ0) is 36.1. The molecule has 6 nitrogen and oxygen atoms in total. The Kier molecular flexibility index (Phi) is 8.96. The van der Waals surface area contributed by atoms with Crippen molar-refractivity contribution in [3.05, 3.63) is 46.0 Å². The summed E-state index contributed by atoms with van der Waals surface area (Å²) in [6, 6.07) is 10.1. The van der Waals surface area contributed by atoms with Crippen molar-refractivity contribution in [3.8, 4) is 0 Å². The molecule has 0 saturated heterocycles. The first-order valence-electron chi connectivity index (χ1n) is 19.9. The first-order chi connectivity index (χ1) is 23.5. The Balaban J connectivity index is 1.23. The van der Waals surface area contributed by atoms with Crippen LogP contribution in [0.15, 0.2) is 30.3 Å². The van der Waals surface area contributed by atoms with Crippen LogP contribution in [0.2, 0.25) is 0 Å². The van der Waals surface area contributed by atoms with Crippen LogP contribution in [0.25, 0.3) is 0 Å². The van der Waals surface area contributed by atoms with E-state index in [9.17, 15) is 19.7 Å². The maximum Gasteiger partial charge on any atom is 0.312 e. The standard InChI is InChI=1S/C43H62ClNO5/c1-27(2)31-15-18-43(37(47)50-25-28-11-9-8-10-12-28)20-19-40(6)32(35(31)43)13-14-34-39(5)26-42(21-29(23-44)30(22-42)24-45(48)49)36(46)38(3,4)33(39)16-17-41(34,40)7/h8-12,27,29-35H,13-26H2,1-7H3/t29-,30+,31+,32-,33+,34-,35-,39+,40-,41-,42+,43+/m1/s1. The number of esters is 1. The number of alkyl halides is 1. The summed E-state index contributed by atoms with van der Waals surface area (Å²) >= 11 is 6.50. The minimum atomic E-state index is -0.538. The SMILES string of the molecule is CC(C)[C@@H]1CC[C@]2(C(=O)OCc3ccccc3)CC[C@]3(C)[C@H](CC[C@@H]4[C@@]5(C)C[C@]6(C[C@@H](C[N+](=O)[O-])[C@@H](CCl)C6)C(=O)C(C)(C)[C@@H]5CC[C@]43C)[C@@H]12. The van der Waals surface area contributed by atoms with E-state index in [-0.39, 0.29) is 45.5 Å². The highest BCUT2D eigenvalue weighted by Gasteiger charge is 2.74. The molecule has 0 heterocycles. The number of Topliss-reactive ketones (excluding diaryl/α,β-unsaturated/α-hetero) is 1. The summed E-state index contributed by atoms with van der Waals surface area (Å²) in [7, 11) is 0. The fourth-order valence-electron chi connectivity index (χ4n) is 15.4. The molecule has 0 unspecified atom stereocenters. The van der Waals surface area contributed by atoms with Crippen molar-refractivity contribution in [1.29, 1.82) is 0 Å². The predicted octanol–water partition coefficient (Wildman–Crippen LogP) is 10.2. The Hall–Kier alpha value is -1.95. The van der Waals surface area contributed by atoms with Crippen LogP contribution in [0.5, 0.6) is 0 Å². The fourth-order valence-corrected chi connectivity index (χ4v) is 15.8. The number of hydrogen-bond acceptors (Lipinski definition) is 5. The molecule has 50 heavy (non-hydrogen) atoms. The van der Waals surface area contributed by atoms with Crippen LogP contribution in [0, 0.1) is 89.9 Å². The van der Waals surface area contributed by atoms with Crippen LogP contribution in [-0.4, -0.2) is 29.1 Å².